The summed E-state index contributed by atoms with van der Waals surface area (Å²) in [6.45, 7) is 9.30. The number of hydrogen-bond acceptors (Lipinski definition) is 4. The van der Waals surface area contributed by atoms with Gasteiger partial charge < -0.3 is 15.4 Å². The first-order chi connectivity index (χ1) is 8.00. The van der Waals surface area contributed by atoms with E-state index in [1.165, 1.54) is 0 Å². The lowest BCUT2D eigenvalue weighted by Crippen LogP contribution is -2.48. The zero-order chi connectivity index (χ0) is 12.5. The summed E-state index contributed by atoms with van der Waals surface area (Å²) in [4.78, 5) is 6.86. The molecule has 2 rings (SSSR count). The first kappa shape index (κ1) is 12.3. The van der Waals surface area contributed by atoms with E-state index < -0.39 is 0 Å². The van der Waals surface area contributed by atoms with E-state index in [0.717, 1.165) is 36.8 Å². The van der Waals surface area contributed by atoms with Crippen LogP contribution in [-0.4, -0.2) is 30.3 Å². The SMILES string of the molecule is Cc1cc(CN)cc(N2CCOC(C)(C)C2)n1. The van der Waals surface area contributed by atoms with Crippen molar-refractivity contribution in [1.29, 1.82) is 0 Å². The van der Waals surface area contributed by atoms with Gasteiger partial charge in [-0.2, -0.15) is 0 Å². The molecule has 0 bridgehead atoms. The summed E-state index contributed by atoms with van der Waals surface area (Å²) >= 11 is 0. The Bertz CT molecular complexity index is 404. The van der Waals surface area contributed by atoms with Crippen molar-refractivity contribution in [3.05, 3.63) is 23.4 Å². The highest BCUT2D eigenvalue weighted by Gasteiger charge is 2.27. The first-order valence-electron chi connectivity index (χ1n) is 6.07. The van der Waals surface area contributed by atoms with Crippen molar-refractivity contribution >= 4 is 5.82 Å². The molecule has 0 atom stereocenters. The van der Waals surface area contributed by atoms with Crippen LogP contribution in [0.3, 0.4) is 0 Å². The standard InChI is InChI=1S/C13H21N3O/c1-10-6-11(8-14)7-12(15-10)16-4-5-17-13(2,3)9-16/h6-7H,4-5,8-9,14H2,1-3H3. The number of nitrogens with zero attached hydrogens (tertiary/aromatic N) is 2. The van der Waals surface area contributed by atoms with Gasteiger partial charge in [0.05, 0.1) is 12.2 Å². The molecule has 2 heterocycles. The van der Waals surface area contributed by atoms with Crippen LogP contribution in [-0.2, 0) is 11.3 Å². The van der Waals surface area contributed by atoms with Gasteiger partial charge in [0.25, 0.3) is 0 Å². The summed E-state index contributed by atoms with van der Waals surface area (Å²) in [5.41, 5.74) is 7.75. The van der Waals surface area contributed by atoms with Gasteiger partial charge in [0, 0.05) is 25.3 Å². The molecule has 4 heteroatoms. The predicted molar refractivity (Wildman–Crippen MR) is 69.1 cm³/mol. The molecule has 1 fully saturated rings. The van der Waals surface area contributed by atoms with Crippen molar-refractivity contribution in [2.45, 2.75) is 32.9 Å². The lowest BCUT2D eigenvalue weighted by Gasteiger charge is -2.39. The number of morpholine rings is 1. The minimum atomic E-state index is -0.105. The van der Waals surface area contributed by atoms with Gasteiger partial charge in [-0.1, -0.05) is 0 Å². The number of aryl methyl sites for hydroxylation is 1. The van der Waals surface area contributed by atoms with E-state index in [4.69, 9.17) is 10.5 Å². The van der Waals surface area contributed by atoms with Gasteiger partial charge in [0.1, 0.15) is 5.82 Å². The van der Waals surface area contributed by atoms with E-state index in [1.54, 1.807) is 0 Å². The molecule has 17 heavy (non-hydrogen) atoms. The summed E-state index contributed by atoms with van der Waals surface area (Å²) in [6, 6.07) is 4.11. The molecule has 1 aliphatic rings. The van der Waals surface area contributed by atoms with E-state index in [2.05, 4.69) is 29.8 Å². The highest BCUT2D eigenvalue weighted by molar-refractivity contribution is 5.43. The van der Waals surface area contributed by atoms with Crippen LogP contribution in [0.5, 0.6) is 0 Å². The molecule has 2 N–H and O–H groups in total. The first-order valence-corrected chi connectivity index (χ1v) is 6.07. The molecule has 1 saturated heterocycles. The Morgan fingerprint density at radius 3 is 2.88 bits per heavy atom. The van der Waals surface area contributed by atoms with Crippen LogP contribution in [0.15, 0.2) is 12.1 Å². The van der Waals surface area contributed by atoms with E-state index >= 15 is 0 Å². The third kappa shape index (κ3) is 2.96. The Balaban J connectivity index is 2.24. The molecule has 94 valence electrons. The summed E-state index contributed by atoms with van der Waals surface area (Å²) in [5.74, 6) is 1.02. The third-order valence-electron chi connectivity index (χ3n) is 2.99. The van der Waals surface area contributed by atoms with Gasteiger partial charge >= 0.3 is 0 Å². The number of anilines is 1. The minimum absolute atomic E-state index is 0.105. The monoisotopic (exact) mass is 235 g/mol. The van der Waals surface area contributed by atoms with Crippen molar-refractivity contribution in [2.24, 2.45) is 5.73 Å². The number of hydrogen-bond donors (Lipinski definition) is 1. The number of aromatic nitrogens is 1. The van der Waals surface area contributed by atoms with Crippen LogP contribution >= 0.6 is 0 Å². The molecule has 1 aromatic heterocycles. The molecule has 4 nitrogen and oxygen atoms in total. The molecule has 0 saturated carbocycles. The molecule has 0 aliphatic carbocycles. The fourth-order valence-electron chi connectivity index (χ4n) is 2.21. The Hall–Kier alpha value is -1.13. The van der Waals surface area contributed by atoms with Gasteiger partial charge in [-0.25, -0.2) is 4.98 Å². The van der Waals surface area contributed by atoms with Gasteiger partial charge in [0.15, 0.2) is 0 Å². The zero-order valence-corrected chi connectivity index (χ0v) is 10.9. The Morgan fingerprint density at radius 1 is 1.47 bits per heavy atom. The molecular formula is C13H21N3O. The van der Waals surface area contributed by atoms with Crippen LogP contribution in [0.4, 0.5) is 5.82 Å². The van der Waals surface area contributed by atoms with Gasteiger partial charge in [-0.3, -0.25) is 0 Å². The smallest absolute Gasteiger partial charge is 0.129 e. The average Bonchev–Trinajstić information content (AvgIpc) is 2.27. The van der Waals surface area contributed by atoms with Gasteiger partial charge in [-0.15, -0.1) is 0 Å². The van der Waals surface area contributed by atoms with Crippen LogP contribution in [0, 0.1) is 6.92 Å². The minimum Gasteiger partial charge on any atom is -0.372 e. The summed E-state index contributed by atoms with van der Waals surface area (Å²) in [5, 5.41) is 0. The van der Waals surface area contributed by atoms with Crippen LogP contribution in [0.1, 0.15) is 25.1 Å². The largest absolute Gasteiger partial charge is 0.372 e. The van der Waals surface area contributed by atoms with Gasteiger partial charge in [0.2, 0.25) is 0 Å². The van der Waals surface area contributed by atoms with Crippen molar-refractivity contribution in [1.82, 2.24) is 4.98 Å². The maximum atomic E-state index is 5.71. The number of rotatable bonds is 2. The summed E-state index contributed by atoms with van der Waals surface area (Å²) < 4.78 is 5.71. The van der Waals surface area contributed by atoms with Gasteiger partial charge in [-0.05, 0) is 38.5 Å². The van der Waals surface area contributed by atoms with E-state index in [9.17, 15) is 0 Å². The van der Waals surface area contributed by atoms with E-state index in [0.29, 0.717) is 6.54 Å². The summed E-state index contributed by atoms with van der Waals surface area (Å²) in [6.07, 6.45) is 0. The van der Waals surface area contributed by atoms with Crippen LogP contribution in [0.2, 0.25) is 0 Å². The predicted octanol–water partition coefficient (Wildman–Crippen LogP) is 1.46. The average molecular weight is 235 g/mol. The Labute approximate surface area is 103 Å². The zero-order valence-electron chi connectivity index (χ0n) is 10.9. The second-order valence-corrected chi connectivity index (χ2v) is 5.21. The van der Waals surface area contributed by atoms with E-state index in [1.807, 2.05) is 13.0 Å². The molecular weight excluding hydrogens is 214 g/mol. The molecule has 0 spiro atoms. The molecule has 0 aromatic carbocycles. The maximum absolute atomic E-state index is 5.71. The normalized spacial score (nSPS) is 19.4. The molecule has 0 unspecified atom stereocenters. The fraction of sp³-hybridized carbons (Fsp3) is 0.615. The Kier molecular flexibility index (Phi) is 3.35. The molecule has 0 amide bonds. The van der Waals surface area contributed by atoms with Crippen LogP contribution in [0.25, 0.3) is 0 Å². The maximum Gasteiger partial charge on any atom is 0.129 e. The topological polar surface area (TPSA) is 51.4 Å². The second kappa shape index (κ2) is 4.63. The molecule has 1 aliphatic heterocycles. The van der Waals surface area contributed by atoms with E-state index in [-0.39, 0.29) is 5.60 Å². The van der Waals surface area contributed by atoms with Crippen molar-refractivity contribution < 1.29 is 4.74 Å². The van der Waals surface area contributed by atoms with Crippen LogP contribution < -0.4 is 10.6 Å². The highest BCUT2D eigenvalue weighted by atomic mass is 16.5. The number of ether oxygens (including phenoxy) is 1. The number of nitrogens with two attached hydrogens (primary N) is 1. The van der Waals surface area contributed by atoms with Crippen molar-refractivity contribution in [3.63, 3.8) is 0 Å². The molecule has 0 radical (unpaired) electrons. The fourth-order valence-corrected chi connectivity index (χ4v) is 2.21. The second-order valence-electron chi connectivity index (χ2n) is 5.21. The third-order valence-corrected chi connectivity index (χ3v) is 2.99. The quantitative estimate of drug-likeness (QED) is 0.843. The summed E-state index contributed by atoms with van der Waals surface area (Å²) in [7, 11) is 0. The highest BCUT2D eigenvalue weighted by Crippen LogP contribution is 2.22. The number of pyridine rings is 1. The lowest BCUT2D eigenvalue weighted by molar-refractivity contribution is -0.0279. The lowest BCUT2D eigenvalue weighted by atomic mass is 10.1. The molecule has 1 aromatic rings. The van der Waals surface area contributed by atoms with Crippen molar-refractivity contribution in [2.75, 3.05) is 24.6 Å². The van der Waals surface area contributed by atoms with Crippen molar-refractivity contribution in [3.8, 4) is 0 Å². The Morgan fingerprint density at radius 2 is 2.24 bits per heavy atom.